The number of H-pyrrole nitrogens is 2. The second kappa shape index (κ2) is 7.39. The average molecular weight is 420 g/mol. The molecule has 3 heterocycles. The van der Waals surface area contributed by atoms with Gasteiger partial charge in [0.15, 0.2) is 0 Å². The lowest BCUT2D eigenvalue weighted by Gasteiger charge is -2.38. The predicted molar refractivity (Wildman–Crippen MR) is 123 cm³/mol. The number of hydrogen-bond donors (Lipinski definition) is 3. The molecule has 0 unspecified atom stereocenters. The number of nitrogen functional groups attached to an aromatic ring is 1. The summed E-state index contributed by atoms with van der Waals surface area (Å²) in [5.41, 5.74) is 9.08. The third-order valence-electron chi connectivity index (χ3n) is 6.14. The normalized spacial score (nSPS) is 15.4. The molecule has 2 aromatic carbocycles. The number of aromatic nitrogens is 3. The lowest BCUT2D eigenvalue weighted by atomic mass is 10.1. The van der Waals surface area contributed by atoms with E-state index in [4.69, 9.17) is 5.73 Å². The van der Waals surface area contributed by atoms with Crippen LogP contribution in [0.3, 0.4) is 0 Å². The maximum Gasteiger partial charge on any atom is 0.261 e. The summed E-state index contributed by atoms with van der Waals surface area (Å²) in [5.74, 6) is -0.146. The molecule has 31 heavy (non-hydrogen) atoms. The molecular weight excluding hydrogens is 395 g/mol. The molecule has 1 aliphatic heterocycles. The molecule has 0 atom stereocenters. The molecule has 2 aromatic heterocycles. The quantitative estimate of drug-likeness (QED) is 0.473. The first-order valence-corrected chi connectivity index (χ1v) is 10.5. The van der Waals surface area contributed by atoms with Gasteiger partial charge in [-0.1, -0.05) is 6.07 Å². The van der Waals surface area contributed by atoms with E-state index in [1.807, 2.05) is 18.2 Å². The lowest BCUT2D eigenvalue weighted by molar-refractivity contribution is 0.209. The highest BCUT2D eigenvalue weighted by Crippen LogP contribution is 2.31. The van der Waals surface area contributed by atoms with Crippen LogP contribution in [0.1, 0.15) is 13.8 Å². The standard InChI is InChI=1S/C23H25FN6O/c1-13(2)29-8-10-30(11-9-29)14-6-7-16-18(12-14)27-22(26-16)20-21(25)19-15(24)4-3-5-17(19)28-23(20)31/h3-7,12-13H,8-11H2,1-2H3,(H,26,27)(H3,25,28,31). The molecule has 4 aromatic rings. The summed E-state index contributed by atoms with van der Waals surface area (Å²) in [6, 6.07) is 11.1. The van der Waals surface area contributed by atoms with Crippen LogP contribution in [0.15, 0.2) is 41.2 Å². The highest BCUT2D eigenvalue weighted by atomic mass is 19.1. The summed E-state index contributed by atoms with van der Waals surface area (Å²) in [6.45, 7) is 8.42. The minimum atomic E-state index is -0.480. The number of piperazine rings is 1. The molecule has 0 saturated carbocycles. The van der Waals surface area contributed by atoms with Gasteiger partial charge in [0.05, 0.1) is 27.6 Å². The largest absolute Gasteiger partial charge is 0.397 e. The van der Waals surface area contributed by atoms with Crippen molar-refractivity contribution < 1.29 is 4.39 Å². The molecule has 0 aliphatic carbocycles. The number of hydrogen-bond acceptors (Lipinski definition) is 5. The second-order valence-electron chi connectivity index (χ2n) is 8.31. The number of fused-ring (bicyclic) bond motifs is 2. The molecule has 0 amide bonds. The molecule has 1 fully saturated rings. The molecule has 7 nitrogen and oxygen atoms in total. The number of pyridine rings is 1. The molecule has 160 valence electrons. The van der Waals surface area contributed by atoms with Crippen LogP contribution in [0, 0.1) is 5.82 Å². The lowest BCUT2D eigenvalue weighted by Crippen LogP contribution is -2.48. The molecule has 0 bridgehead atoms. The average Bonchev–Trinajstić information content (AvgIpc) is 3.16. The van der Waals surface area contributed by atoms with Crippen molar-refractivity contribution in [3.63, 3.8) is 0 Å². The number of imidazole rings is 1. The summed E-state index contributed by atoms with van der Waals surface area (Å²) in [6.07, 6.45) is 0. The minimum absolute atomic E-state index is 0.0842. The summed E-state index contributed by atoms with van der Waals surface area (Å²) >= 11 is 0. The van der Waals surface area contributed by atoms with E-state index in [1.165, 1.54) is 12.1 Å². The van der Waals surface area contributed by atoms with Gasteiger partial charge in [0.2, 0.25) is 0 Å². The van der Waals surface area contributed by atoms with Crippen molar-refractivity contribution in [3.8, 4) is 11.4 Å². The molecular formula is C23H25FN6O. The van der Waals surface area contributed by atoms with Crippen molar-refractivity contribution in [3.05, 3.63) is 52.6 Å². The third-order valence-corrected chi connectivity index (χ3v) is 6.14. The number of nitrogens with two attached hydrogens (primary N) is 1. The summed E-state index contributed by atoms with van der Waals surface area (Å²) in [7, 11) is 0. The van der Waals surface area contributed by atoms with E-state index >= 15 is 0 Å². The number of benzene rings is 2. The van der Waals surface area contributed by atoms with Crippen LogP contribution in [0.4, 0.5) is 15.8 Å². The zero-order valence-corrected chi connectivity index (χ0v) is 17.6. The first-order valence-electron chi connectivity index (χ1n) is 10.5. The van der Waals surface area contributed by atoms with Gasteiger partial charge in [0.25, 0.3) is 5.56 Å². The number of nitrogens with zero attached hydrogens (tertiary/aromatic N) is 3. The van der Waals surface area contributed by atoms with E-state index in [9.17, 15) is 9.18 Å². The van der Waals surface area contributed by atoms with E-state index < -0.39 is 11.4 Å². The fourth-order valence-corrected chi connectivity index (χ4v) is 4.38. The van der Waals surface area contributed by atoms with Gasteiger partial charge in [-0.25, -0.2) is 9.37 Å². The maximum absolute atomic E-state index is 14.4. The first kappa shape index (κ1) is 19.6. The molecule has 0 radical (unpaired) electrons. The number of rotatable bonds is 3. The highest BCUT2D eigenvalue weighted by Gasteiger charge is 2.21. The Labute approximate surface area is 178 Å². The summed E-state index contributed by atoms with van der Waals surface area (Å²) in [4.78, 5) is 28.0. The van der Waals surface area contributed by atoms with Crippen molar-refractivity contribution in [1.82, 2.24) is 19.9 Å². The van der Waals surface area contributed by atoms with Crippen LogP contribution in [-0.4, -0.2) is 52.1 Å². The van der Waals surface area contributed by atoms with Gasteiger partial charge in [-0.2, -0.15) is 0 Å². The molecule has 0 spiro atoms. The van der Waals surface area contributed by atoms with E-state index in [-0.39, 0.29) is 16.6 Å². The van der Waals surface area contributed by atoms with Gasteiger partial charge in [-0.3, -0.25) is 9.69 Å². The zero-order valence-electron chi connectivity index (χ0n) is 17.6. The Balaban J connectivity index is 1.53. The van der Waals surface area contributed by atoms with Crippen LogP contribution in [0.25, 0.3) is 33.3 Å². The van der Waals surface area contributed by atoms with Crippen LogP contribution < -0.4 is 16.2 Å². The first-order chi connectivity index (χ1) is 14.9. The Morgan fingerprint density at radius 2 is 1.84 bits per heavy atom. The van der Waals surface area contributed by atoms with Crippen molar-refractivity contribution in [1.29, 1.82) is 0 Å². The molecule has 1 saturated heterocycles. The monoisotopic (exact) mass is 420 g/mol. The fourth-order valence-electron chi connectivity index (χ4n) is 4.38. The topological polar surface area (TPSA) is 94.0 Å². The Bertz CT molecular complexity index is 1330. The summed E-state index contributed by atoms with van der Waals surface area (Å²) in [5, 5.41) is 0.196. The Morgan fingerprint density at radius 1 is 1.06 bits per heavy atom. The molecule has 4 N–H and O–H groups in total. The number of halogens is 1. The van der Waals surface area contributed by atoms with E-state index in [2.05, 4.69) is 38.6 Å². The molecule has 8 heteroatoms. The Morgan fingerprint density at radius 3 is 2.58 bits per heavy atom. The second-order valence-corrected chi connectivity index (χ2v) is 8.31. The zero-order chi connectivity index (χ0) is 21.7. The van der Waals surface area contributed by atoms with Gasteiger partial charge < -0.3 is 20.6 Å². The van der Waals surface area contributed by atoms with Gasteiger partial charge in [-0.05, 0) is 44.2 Å². The van der Waals surface area contributed by atoms with Gasteiger partial charge in [0, 0.05) is 37.9 Å². The smallest absolute Gasteiger partial charge is 0.261 e. The van der Waals surface area contributed by atoms with Crippen LogP contribution in [0.5, 0.6) is 0 Å². The van der Waals surface area contributed by atoms with E-state index in [0.717, 1.165) is 42.9 Å². The number of nitrogens with one attached hydrogen (secondary N) is 2. The molecule has 5 rings (SSSR count). The van der Waals surface area contributed by atoms with Crippen molar-refractivity contribution in [2.75, 3.05) is 36.8 Å². The fraction of sp³-hybridized carbons (Fsp3) is 0.304. The van der Waals surface area contributed by atoms with E-state index in [1.54, 1.807) is 6.07 Å². The summed E-state index contributed by atoms with van der Waals surface area (Å²) < 4.78 is 14.4. The van der Waals surface area contributed by atoms with Crippen LogP contribution in [0.2, 0.25) is 0 Å². The predicted octanol–water partition coefficient (Wildman–Crippen LogP) is 3.32. The maximum atomic E-state index is 14.4. The van der Waals surface area contributed by atoms with Gasteiger partial charge in [0.1, 0.15) is 17.2 Å². The van der Waals surface area contributed by atoms with Gasteiger partial charge in [-0.15, -0.1) is 0 Å². The number of anilines is 2. The van der Waals surface area contributed by atoms with Crippen LogP contribution >= 0.6 is 0 Å². The third kappa shape index (κ3) is 3.33. The van der Waals surface area contributed by atoms with Crippen molar-refractivity contribution in [2.24, 2.45) is 0 Å². The number of aromatic amines is 2. The van der Waals surface area contributed by atoms with Crippen molar-refractivity contribution >= 4 is 33.3 Å². The van der Waals surface area contributed by atoms with Gasteiger partial charge >= 0.3 is 0 Å². The highest BCUT2D eigenvalue weighted by molar-refractivity contribution is 5.98. The van der Waals surface area contributed by atoms with Crippen LogP contribution in [-0.2, 0) is 0 Å². The Hall–Kier alpha value is -3.39. The van der Waals surface area contributed by atoms with Crippen molar-refractivity contribution in [2.45, 2.75) is 19.9 Å². The Kier molecular flexibility index (Phi) is 4.66. The SMILES string of the molecule is CC(C)N1CCN(c2ccc3nc(-c4c(N)c5c(F)cccc5[nH]c4=O)[nH]c3c2)CC1. The molecule has 1 aliphatic rings. The van der Waals surface area contributed by atoms with E-state index in [0.29, 0.717) is 17.4 Å². The minimum Gasteiger partial charge on any atom is -0.397 e.